The van der Waals surface area contributed by atoms with Crippen molar-refractivity contribution in [3.63, 3.8) is 0 Å². The standard InChI is InChI=1S/C13H15BrN4/c1-3-18(11-7-5-4-6-9(11)2)12-10(14)8-16-13(15)17-12/h4-8H,3H2,1-2H3,(H2,15,16,17). The Balaban J connectivity index is 2.52. The average molecular weight is 307 g/mol. The molecular formula is C13H15BrN4. The monoisotopic (exact) mass is 306 g/mol. The molecule has 1 aromatic heterocycles. The highest BCUT2D eigenvalue weighted by atomic mass is 79.9. The largest absolute Gasteiger partial charge is 0.368 e. The first-order valence-corrected chi connectivity index (χ1v) is 6.54. The summed E-state index contributed by atoms with van der Waals surface area (Å²) in [5.74, 6) is 1.07. The quantitative estimate of drug-likeness (QED) is 0.945. The third kappa shape index (κ3) is 2.46. The molecule has 0 atom stereocenters. The van der Waals surface area contributed by atoms with E-state index in [1.54, 1.807) is 6.20 Å². The molecular weight excluding hydrogens is 292 g/mol. The summed E-state index contributed by atoms with van der Waals surface area (Å²) in [4.78, 5) is 10.4. The molecule has 0 amide bonds. The second-order valence-electron chi connectivity index (χ2n) is 3.93. The fourth-order valence-corrected chi connectivity index (χ4v) is 2.27. The van der Waals surface area contributed by atoms with Crippen LogP contribution in [0, 0.1) is 6.92 Å². The van der Waals surface area contributed by atoms with Crippen LogP contribution in [0.25, 0.3) is 0 Å². The fourth-order valence-electron chi connectivity index (χ4n) is 1.86. The van der Waals surface area contributed by atoms with E-state index in [0.29, 0.717) is 0 Å². The van der Waals surface area contributed by atoms with Gasteiger partial charge in [-0.1, -0.05) is 18.2 Å². The van der Waals surface area contributed by atoms with Crippen molar-refractivity contribution in [1.29, 1.82) is 0 Å². The Bertz CT molecular complexity index is 556. The lowest BCUT2D eigenvalue weighted by atomic mass is 10.2. The van der Waals surface area contributed by atoms with Crippen LogP contribution < -0.4 is 10.6 Å². The minimum Gasteiger partial charge on any atom is -0.368 e. The molecule has 1 aromatic carbocycles. The number of aromatic nitrogens is 2. The van der Waals surface area contributed by atoms with Crippen molar-refractivity contribution in [3.8, 4) is 0 Å². The van der Waals surface area contributed by atoms with Crippen LogP contribution in [0.3, 0.4) is 0 Å². The Morgan fingerprint density at radius 2 is 2.06 bits per heavy atom. The minimum atomic E-state index is 0.278. The Morgan fingerprint density at radius 3 is 2.72 bits per heavy atom. The van der Waals surface area contributed by atoms with Crippen molar-refractivity contribution < 1.29 is 0 Å². The number of aryl methyl sites for hydroxylation is 1. The summed E-state index contributed by atoms with van der Waals surface area (Å²) in [6, 6.07) is 8.19. The first-order valence-electron chi connectivity index (χ1n) is 5.74. The molecule has 5 heteroatoms. The second kappa shape index (κ2) is 5.35. The number of benzene rings is 1. The maximum absolute atomic E-state index is 5.67. The zero-order valence-electron chi connectivity index (χ0n) is 10.4. The van der Waals surface area contributed by atoms with Crippen LogP contribution >= 0.6 is 15.9 Å². The van der Waals surface area contributed by atoms with E-state index in [9.17, 15) is 0 Å². The highest BCUT2D eigenvalue weighted by Gasteiger charge is 2.14. The van der Waals surface area contributed by atoms with E-state index in [1.165, 1.54) is 5.56 Å². The molecule has 0 saturated heterocycles. The van der Waals surface area contributed by atoms with Crippen LogP contribution in [0.2, 0.25) is 0 Å². The molecule has 2 aromatic rings. The summed E-state index contributed by atoms with van der Waals surface area (Å²) in [6.07, 6.45) is 1.68. The number of nitrogens with zero attached hydrogens (tertiary/aromatic N) is 3. The van der Waals surface area contributed by atoms with Crippen molar-refractivity contribution in [2.45, 2.75) is 13.8 Å². The highest BCUT2D eigenvalue weighted by molar-refractivity contribution is 9.10. The van der Waals surface area contributed by atoms with Crippen molar-refractivity contribution in [1.82, 2.24) is 9.97 Å². The summed E-state index contributed by atoms with van der Waals surface area (Å²) >= 11 is 3.47. The molecule has 2 rings (SSSR count). The van der Waals surface area contributed by atoms with Crippen molar-refractivity contribution in [2.24, 2.45) is 0 Å². The van der Waals surface area contributed by atoms with Gasteiger partial charge in [-0.15, -0.1) is 0 Å². The van der Waals surface area contributed by atoms with Crippen LogP contribution in [0.4, 0.5) is 17.5 Å². The average Bonchev–Trinajstić information content (AvgIpc) is 2.36. The zero-order chi connectivity index (χ0) is 13.1. The normalized spacial score (nSPS) is 10.4. The van der Waals surface area contributed by atoms with Gasteiger partial charge in [-0.05, 0) is 41.4 Å². The Kier molecular flexibility index (Phi) is 3.81. The molecule has 0 aliphatic carbocycles. The lowest BCUT2D eigenvalue weighted by molar-refractivity contribution is 0.968. The van der Waals surface area contributed by atoms with Gasteiger partial charge in [0.25, 0.3) is 0 Å². The summed E-state index contributed by atoms with van der Waals surface area (Å²) < 4.78 is 0.835. The van der Waals surface area contributed by atoms with Crippen molar-refractivity contribution in [3.05, 3.63) is 40.5 Å². The Morgan fingerprint density at radius 1 is 1.33 bits per heavy atom. The molecule has 0 unspecified atom stereocenters. The molecule has 94 valence electrons. The molecule has 4 nitrogen and oxygen atoms in total. The third-order valence-corrected chi connectivity index (χ3v) is 3.28. The highest BCUT2D eigenvalue weighted by Crippen LogP contribution is 2.31. The van der Waals surface area contributed by atoms with E-state index in [2.05, 4.69) is 56.8 Å². The van der Waals surface area contributed by atoms with Gasteiger partial charge in [0.2, 0.25) is 5.95 Å². The van der Waals surface area contributed by atoms with E-state index >= 15 is 0 Å². The number of hydrogen-bond acceptors (Lipinski definition) is 4. The molecule has 0 saturated carbocycles. The van der Waals surface area contributed by atoms with Crippen molar-refractivity contribution >= 4 is 33.4 Å². The minimum absolute atomic E-state index is 0.278. The maximum atomic E-state index is 5.67. The summed E-state index contributed by atoms with van der Waals surface area (Å²) in [5, 5.41) is 0. The van der Waals surface area contributed by atoms with Crippen LogP contribution in [0.5, 0.6) is 0 Å². The molecule has 1 heterocycles. The lowest BCUT2D eigenvalue weighted by Gasteiger charge is -2.24. The Labute approximate surface area is 115 Å². The fraction of sp³-hybridized carbons (Fsp3) is 0.231. The summed E-state index contributed by atoms with van der Waals surface area (Å²) in [5.41, 5.74) is 7.99. The number of nitrogens with two attached hydrogens (primary N) is 1. The van der Waals surface area contributed by atoms with Gasteiger partial charge in [-0.25, -0.2) is 4.98 Å². The van der Waals surface area contributed by atoms with Crippen LogP contribution in [0.15, 0.2) is 34.9 Å². The van der Waals surface area contributed by atoms with Gasteiger partial charge < -0.3 is 10.6 Å². The second-order valence-corrected chi connectivity index (χ2v) is 4.78. The Hall–Kier alpha value is -1.62. The maximum Gasteiger partial charge on any atom is 0.222 e. The van der Waals surface area contributed by atoms with E-state index in [4.69, 9.17) is 5.73 Å². The third-order valence-electron chi connectivity index (χ3n) is 2.72. The molecule has 0 fully saturated rings. The van der Waals surface area contributed by atoms with Gasteiger partial charge >= 0.3 is 0 Å². The molecule has 0 spiro atoms. The summed E-state index contributed by atoms with van der Waals surface area (Å²) in [6.45, 7) is 4.97. The lowest BCUT2D eigenvalue weighted by Crippen LogP contribution is -2.19. The topological polar surface area (TPSA) is 55.0 Å². The van der Waals surface area contributed by atoms with Gasteiger partial charge in [0.05, 0.1) is 4.47 Å². The van der Waals surface area contributed by atoms with Crippen LogP contribution in [0.1, 0.15) is 12.5 Å². The van der Waals surface area contributed by atoms with E-state index < -0.39 is 0 Å². The predicted molar refractivity (Wildman–Crippen MR) is 78.0 cm³/mol. The van der Waals surface area contributed by atoms with Gasteiger partial charge in [-0.2, -0.15) is 4.98 Å². The number of hydrogen-bond donors (Lipinski definition) is 1. The zero-order valence-corrected chi connectivity index (χ0v) is 12.0. The molecule has 0 bridgehead atoms. The number of rotatable bonds is 3. The first kappa shape index (κ1) is 12.8. The van der Waals surface area contributed by atoms with E-state index in [0.717, 1.165) is 22.5 Å². The number of anilines is 3. The van der Waals surface area contributed by atoms with Crippen LogP contribution in [-0.4, -0.2) is 16.5 Å². The molecule has 2 N–H and O–H groups in total. The number of halogens is 1. The summed E-state index contributed by atoms with van der Waals surface area (Å²) in [7, 11) is 0. The first-order chi connectivity index (χ1) is 8.63. The molecule has 0 aliphatic heterocycles. The van der Waals surface area contributed by atoms with E-state index in [1.807, 2.05) is 12.1 Å². The number of nitrogen functional groups attached to an aromatic ring is 1. The van der Waals surface area contributed by atoms with Gasteiger partial charge in [-0.3, -0.25) is 0 Å². The van der Waals surface area contributed by atoms with Gasteiger partial charge in [0.1, 0.15) is 0 Å². The SMILES string of the molecule is CCN(c1ccccc1C)c1nc(N)ncc1Br. The molecule has 0 aliphatic rings. The molecule has 18 heavy (non-hydrogen) atoms. The predicted octanol–water partition coefficient (Wildman–Crippen LogP) is 3.29. The number of para-hydroxylation sites is 1. The van der Waals surface area contributed by atoms with Gasteiger partial charge in [0.15, 0.2) is 5.82 Å². The molecule has 0 radical (unpaired) electrons. The van der Waals surface area contributed by atoms with Crippen LogP contribution in [-0.2, 0) is 0 Å². The smallest absolute Gasteiger partial charge is 0.222 e. The van der Waals surface area contributed by atoms with Crippen molar-refractivity contribution in [2.75, 3.05) is 17.2 Å². The van der Waals surface area contributed by atoms with E-state index in [-0.39, 0.29) is 5.95 Å². The van der Waals surface area contributed by atoms with Gasteiger partial charge in [0, 0.05) is 18.4 Å².